The summed E-state index contributed by atoms with van der Waals surface area (Å²) in [5.74, 6) is 0.772. The summed E-state index contributed by atoms with van der Waals surface area (Å²) in [6, 6.07) is 5.33. The lowest BCUT2D eigenvalue weighted by Gasteiger charge is -2.10. The highest BCUT2D eigenvalue weighted by Crippen LogP contribution is 2.34. The van der Waals surface area contributed by atoms with Crippen molar-refractivity contribution >= 4 is 16.9 Å². The van der Waals surface area contributed by atoms with Gasteiger partial charge in [-0.1, -0.05) is 0 Å². The third-order valence-corrected chi connectivity index (χ3v) is 2.71. The molecule has 2 rings (SSSR count). The zero-order valence-electron chi connectivity index (χ0n) is 11.1. The van der Waals surface area contributed by atoms with Crippen LogP contribution in [0.15, 0.2) is 24.4 Å². The molecule has 0 saturated carbocycles. The van der Waals surface area contributed by atoms with Gasteiger partial charge in [0.05, 0.1) is 26.4 Å². The Hall–Kier alpha value is -2.30. The van der Waals surface area contributed by atoms with Crippen LogP contribution in [0.2, 0.25) is 0 Å². The molecule has 1 aromatic carbocycles. The molecule has 0 radical (unpaired) electrons. The Morgan fingerprint density at radius 3 is 2.68 bits per heavy atom. The van der Waals surface area contributed by atoms with E-state index in [0.29, 0.717) is 29.2 Å². The maximum atomic E-state index is 11.6. The molecule has 19 heavy (non-hydrogen) atoms. The first-order valence-corrected chi connectivity index (χ1v) is 5.89. The van der Waals surface area contributed by atoms with Crippen LogP contribution >= 0.6 is 0 Å². The highest BCUT2D eigenvalue weighted by Gasteiger charge is 2.13. The number of hydrogen-bond acceptors (Lipinski definition) is 5. The second kappa shape index (κ2) is 5.56. The Kier molecular flexibility index (Phi) is 3.85. The third-order valence-electron chi connectivity index (χ3n) is 2.71. The second-order valence-corrected chi connectivity index (χ2v) is 3.82. The molecule has 0 aliphatic carbocycles. The Labute approximate surface area is 111 Å². The number of aromatic nitrogens is 1. The molecule has 1 aromatic heterocycles. The Morgan fingerprint density at radius 2 is 2.05 bits per heavy atom. The first-order chi connectivity index (χ1) is 9.21. The van der Waals surface area contributed by atoms with Gasteiger partial charge in [-0.2, -0.15) is 0 Å². The van der Waals surface area contributed by atoms with Crippen LogP contribution in [0.25, 0.3) is 10.9 Å². The van der Waals surface area contributed by atoms with Gasteiger partial charge in [-0.05, 0) is 25.1 Å². The fraction of sp³-hybridized carbons (Fsp3) is 0.286. The van der Waals surface area contributed by atoms with Crippen molar-refractivity contribution in [3.8, 4) is 11.5 Å². The van der Waals surface area contributed by atoms with Crippen LogP contribution < -0.4 is 9.47 Å². The van der Waals surface area contributed by atoms with E-state index in [0.717, 1.165) is 5.39 Å². The molecule has 0 saturated heterocycles. The SMILES string of the molecule is CCOC(=O)c1cnc2c(OC)c(OC)ccc2c1. The lowest BCUT2D eigenvalue weighted by atomic mass is 10.1. The van der Waals surface area contributed by atoms with Crippen molar-refractivity contribution in [1.29, 1.82) is 0 Å². The van der Waals surface area contributed by atoms with Crippen molar-refractivity contribution in [1.82, 2.24) is 4.98 Å². The first-order valence-electron chi connectivity index (χ1n) is 5.89. The minimum absolute atomic E-state index is 0.336. The summed E-state index contributed by atoms with van der Waals surface area (Å²) in [6.45, 7) is 2.10. The summed E-state index contributed by atoms with van der Waals surface area (Å²) in [5.41, 5.74) is 1.07. The first kappa shape index (κ1) is 13.1. The fourth-order valence-electron chi connectivity index (χ4n) is 1.84. The molecule has 0 aliphatic rings. The minimum atomic E-state index is -0.383. The van der Waals surface area contributed by atoms with Crippen LogP contribution in [-0.2, 0) is 4.74 Å². The van der Waals surface area contributed by atoms with Gasteiger partial charge < -0.3 is 14.2 Å². The molecule has 5 nitrogen and oxygen atoms in total. The van der Waals surface area contributed by atoms with Crippen LogP contribution in [0.1, 0.15) is 17.3 Å². The molecule has 0 bridgehead atoms. The van der Waals surface area contributed by atoms with Crippen molar-refractivity contribution in [2.75, 3.05) is 20.8 Å². The van der Waals surface area contributed by atoms with Gasteiger partial charge in [-0.25, -0.2) is 4.79 Å². The summed E-state index contributed by atoms with van der Waals surface area (Å²) >= 11 is 0. The van der Waals surface area contributed by atoms with Gasteiger partial charge in [0.15, 0.2) is 11.5 Å². The maximum absolute atomic E-state index is 11.6. The van der Waals surface area contributed by atoms with E-state index in [1.807, 2.05) is 6.07 Å². The number of benzene rings is 1. The van der Waals surface area contributed by atoms with Crippen molar-refractivity contribution in [3.63, 3.8) is 0 Å². The largest absolute Gasteiger partial charge is 0.493 e. The summed E-state index contributed by atoms with van der Waals surface area (Å²) in [4.78, 5) is 15.9. The van der Waals surface area contributed by atoms with Crippen molar-refractivity contribution < 1.29 is 19.0 Å². The molecule has 1 heterocycles. The molecule has 0 amide bonds. The van der Waals surface area contributed by atoms with Crippen molar-refractivity contribution in [3.05, 3.63) is 30.0 Å². The smallest absolute Gasteiger partial charge is 0.339 e. The van der Waals surface area contributed by atoms with Gasteiger partial charge in [0.25, 0.3) is 0 Å². The van der Waals surface area contributed by atoms with Crippen LogP contribution in [0.4, 0.5) is 0 Å². The van der Waals surface area contributed by atoms with Crippen molar-refractivity contribution in [2.45, 2.75) is 6.92 Å². The molecular weight excluding hydrogens is 246 g/mol. The van der Waals surface area contributed by atoms with Crippen molar-refractivity contribution in [2.24, 2.45) is 0 Å². The highest BCUT2D eigenvalue weighted by atomic mass is 16.5. The molecule has 0 fully saturated rings. The molecule has 0 aliphatic heterocycles. The highest BCUT2D eigenvalue weighted by molar-refractivity contribution is 5.95. The standard InChI is InChI=1S/C14H15NO4/c1-4-19-14(16)10-7-9-5-6-11(17-2)13(18-3)12(9)15-8-10/h5-8H,4H2,1-3H3. The number of methoxy groups -OCH3 is 2. The van der Waals surface area contributed by atoms with E-state index in [9.17, 15) is 4.79 Å². The summed E-state index contributed by atoms with van der Waals surface area (Å²) in [6.07, 6.45) is 1.47. The Bertz CT molecular complexity index is 610. The van der Waals surface area contributed by atoms with E-state index in [1.54, 1.807) is 33.3 Å². The van der Waals surface area contributed by atoms with Gasteiger partial charge in [0.2, 0.25) is 0 Å². The Balaban J connectivity index is 2.53. The predicted octanol–water partition coefficient (Wildman–Crippen LogP) is 2.43. The van der Waals surface area contributed by atoms with Gasteiger partial charge in [-0.15, -0.1) is 0 Å². The number of fused-ring (bicyclic) bond motifs is 1. The molecule has 0 unspecified atom stereocenters. The number of carbonyl (C=O) groups excluding carboxylic acids is 1. The average Bonchev–Trinajstić information content (AvgIpc) is 2.45. The molecular formula is C14H15NO4. The van der Waals surface area contributed by atoms with E-state index in [2.05, 4.69) is 4.98 Å². The number of esters is 1. The van der Waals surface area contributed by atoms with E-state index >= 15 is 0 Å². The number of ether oxygens (including phenoxy) is 3. The summed E-state index contributed by atoms with van der Waals surface area (Å²) in [5, 5.41) is 0.795. The van der Waals surface area contributed by atoms with Crippen LogP contribution in [0.3, 0.4) is 0 Å². The zero-order chi connectivity index (χ0) is 13.8. The number of hydrogen-bond donors (Lipinski definition) is 0. The van der Waals surface area contributed by atoms with E-state index in [4.69, 9.17) is 14.2 Å². The molecule has 2 aromatic rings. The van der Waals surface area contributed by atoms with Gasteiger partial charge >= 0.3 is 5.97 Å². The second-order valence-electron chi connectivity index (χ2n) is 3.82. The average molecular weight is 261 g/mol. The topological polar surface area (TPSA) is 57.7 Å². The molecule has 0 N–H and O–H groups in total. The van der Waals surface area contributed by atoms with Gasteiger partial charge in [-0.3, -0.25) is 4.98 Å². The maximum Gasteiger partial charge on any atom is 0.339 e. The number of carbonyl (C=O) groups is 1. The lowest BCUT2D eigenvalue weighted by molar-refractivity contribution is 0.0526. The fourth-order valence-corrected chi connectivity index (χ4v) is 1.84. The lowest BCUT2D eigenvalue weighted by Crippen LogP contribution is -2.05. The minimum Gasteiger partial charge on any atom is -0.493 e. The summed E-state index contributed by atoms with van der Waals surface area (Å²) in [7, 11) is 3.12. The quantitative estimate of drug-likeness (QED) is 0.791. The molecule has 5 heteroatoms. The van der Waals surface area contributed by atoms with E-state index < -0.39 is 0 Å². The molecule has 100 valence electrons. The zero-order valence-corrected chi connectivity index (χ0v) is 11.1. The molecule has 0 atom stereocenters. The van der Waals surface area contributed by atoms with Crippen LogP contribution in [0, 0.1) is 0 Å². The number of nitrogens with zero attached hydrogens (tertiary/aromatic N) is 1. The molecule has 0 spiro atoms. The predicted molar refractivity (Wildman–Crippen MR) is 70.8 cm³/mol. The summed E-state index contributed by atoms with van der Waals surface area (Å²) < 4.78 is 15.4. The normalized spacial score (nSPS) is 10.3. The van der Waals surface area contributed by atoms with Crippen LogP contribution in [-0.4, -0.2) is 31.8 Å². The van der Waals surface area contributed by atoms with Crippen LogP contribution in [0.5, 0.6) is 11.5 Å². The number of rotatable bonds is 4. The number of pyridine rings is 1. The Morgan fingerprint density at radius 1 is 1.26 bits per heavy atom. The monoisotopic (exact) mass is 261 g/mol. The van der Waals surface area contributed by atoms with Gasteiger partial charge in [0.1, 0.15) is 5.52 Å². The van der Waals surface area contributed by atoms with Gasteiger partial charge in [0, 0.05) is 11.6 Å². The van der Waals surface area contributed by atoms with E-state index in [1.165, 1.54) is 6.20 Å². The third kappa shape index (κ3) is 2.45. The van der Waals surface area contributed by atoms with E-state index in [-0.39, 0.29) is 5.97 Å².